The zero-order chi connectivity index (χ0) is 17.6. The molecule has 2 unspecified atom stereocenters. The normalized spacial score (nSPS) is 25.3. The molecule has 7 nitrogen and oxygen atoms in total. The van der Waals surface area contributed by atoms with Crippen LogP contribution in [0, 0.1) is 0 Å². The van der Waals surface area contributed by atoms with E-state index in [4.69, 9.17) is 14.2 Å². The highest BCUT2D eigenvalue weighted by Gasteiger charge is 2.55. The number of phenols is 1. The van der Waals surface area contributed by atoms with Crippen LogP contribution in [0.3, 0.4) is 0 Å². The Morgan fingerprint density at radius 2 is 2.04 bits per heavy atom. The van der Waals surface area contributed by atoms with Crippen LogP contribution in [-0.2, 0) is 26.3 Å². The van der Waals surface area contributed by atoms with Gasteiger partial charge in [0.15, 0.2) is 17.5 Å². The summed E-state index contributed by atoms with van der Waals surface area (Å²) in [5.41, 5.74) is -0.677. The average Bonchev–Trinajstić information content (AvgIpc) is 2.86. The van der Waals surface area contributed by atoms with Crippen molar-refractivity contribution in [2.75, 3.05) is 14.2 Å². The first-order valence-corrected chi connectivity index (χ1v) is 7.54. The number of hydrogen-bond acceptors (Lipinski definition) is 7. The molecule has 0 amide bonds. The van der Waals surface area contributed by atoms with Crippen LogP contribution in [0.4, 0.5) is 0 Å². The summed E-state index contributed by atoms with van der Waals surface area (Å²) in [6, 6.07) is 1.56. The molecule has 1 aromatic rings. The maximum absolute atomic E-state index is 12.5. The SMILES string of the molecule is CCc1c(OC)cc2c(c1O)C(=O)C=C(OC)C21CC(O)C(=O)O1. The molecule has 128 valence electrons. The van der Waals surface area contributed by atoms with Crippen molar-refractivity contribution < 1.29 is 34.0 Å². The Hall–Kier alpha value is -2.54. The van der Waals surface area contributed by atoms with Crippen molar-refractivity contribution in [3.63, 3.8) is 0 Å². The van der Waals surface area contributed by atoms with Crippen LogP contribution in [0.2, 0.25) is 0 Å². The molecule has 2 atom stereocenters. The molecule has 24 heavy (non-hydrogen) atoms. The van der Waals surface area contributed by atoms with Crippen molar-refractivity contribution >= 4 is 11.8 Å². The lowest BCUT2D eigenvalue weighted by Gasteiger charge is -2.34. The lowest BCUT2D eigenvalue weighted by molar-refractivity contribution is -0.153. The van der Waals surface area contributed by atoms with E-state index in [0.29, 0.717) is 17.7 Å². The number of rotatable bonds is 3. The van der Waals surface area contributed by atoms with E-state index in [1.807, 2.05) is 6.92 Å². The quantitative estimate of drug-likeness (QED) is 0.801. The zero-order valence-electron chi connectivity index (χ0n) is 13.6. The van der Waals surface area contributed by atoms with Crippen LogP contribution < -0.4 is 4.74 Å². The first kappa shape index (κ1) is 16.3. The van der Waals surface area contributed by atoms with Crippen molar-refractivity contribution in [1.29, 1.82) is 0 Å². The summed E-state index contributed by atoms with van der Waals surface area (Å²) in [5.74, 6) is -0.998. The smallest absolute Gasteiger partial charge is 0.336 e. The van der Waals surface area contributed by atoms with Crippen molar-refractivity contribution in [3.8, 4) is 11.5 Å². The van der Waals surface area contributed by atoms with Crippen LogP contribution in [0.25, 0.3) is 0 Å². The second-order valence-corrected chi connectivity index (χ2v) is 5.73. The van der Waals surface area contributed by atoms with E-state index >= 15 is 0 Å². The van der Waals surface area contributed by atoms with E-state index in [0.717, 1.165) is 0 Å². The van der Waals surface area contributed by atoms with Crippen LogP contribution >= 0.6 is 0 Å². The fourth-order valence-corrected chi connectivity index (χ4v) is 3.39. The number of carbonyl (C=O) groups excluding carboxylic acids is 2. The van der Waals surface area contributed by atoms with Gasteiger partial charge in [0.05, 0.1) is 19.8 Å². The van der Waals surface area contributed by atoms with Gasteiger partial charge in [0.2, 0.25) is 0 Å². The number of phenolic OH excluding ortho intramolecular Hbond substituents is 1. The van der Waals surface area contributed by atoms with Crippen LogP contribution in [0.15, 0.2) is 17.9 Å². The van der Waals surface area contributed by atoms with Gasteiger partial charge in [-0.05, 0) is 12.5 Å². The summed E-state index contributed by atoms with van der Waals surface area (Å²) >= 11 is 0. The van der Waals surface area contributed by atoms with Gasteiger partial charge in [-0.3, -0.25) is 4.79 Å². The van der Waals surface area contributed by atoms with E-state index in [9.17, 15) is 19.8 Å². The number of fused-ring (bicyclic) bond motifs is 2. The Kier molecular flexibility index (Phi) is 3.76. The fraction of sp³-hybridized carbons (Fsp3) is 0.412. The predicted octanol–water partition coefficient (Wildman–Crippen LogP) is 1.19. The van der Waals surface area contributed by atoms with Gasteiger partial charge >= 0.3 is 5.97 Å². The lowest BCUT2D eigenvalue weighted by Crippen LogP contribution is -2.35. The van der Waals surface area contributed by atoms with Gasteiger partial charge in [0.1, 0.15) is 17.3 Å². The van der Waals surface area contributed by atoms with E-state index in [1.54, 1.807) is 6.07 Å². The number of ether oxygens (including phenoxy) is 3. The van der Waals surface area contributed by atoms with Gasteiger partial charge in [0.25, 0.3) is 0 Å². The number of ketones is 1. The minimum absolute atomic E-state index is 0.0374. The van der Waals surface area contributed by atoms with Crippen LogP contribution in [0.5, 0.6) is 11.5 Å². The Bertz CT molecular complexity index is 765. The molecule has 3 rings (SSSR count). The Morgan fingerprint density at radius 1 is 1.33 bits per heavy atom. The van der Waals surface area contributed by atoms with Gasteiger partial charge in [0, 0.05) is 23.6 Å². The largest absolute Gasteiger partial charge is 0.507 e. The van der Waals surface area contributed by atoms with Gasteiger partial charge in [-0.15, -0.1) is 0 Å². The highest BCUT2D eigenvalue weighted by molar-refractivity contribution is 6.10. The highest BCUT2D eigenvalue weighted by Crippen LogP contribution is 2.51. The van der Waals surface area contributed by atoms with Crippen LogP contribution in [-0.4, -0.2) is 42.3 Å². The number of aliphatic hydroxyl groups excluding tert-OH is 1. The summed E-state index contributed by atoms with van der Waals surface area (Å²) in [7, 11) is 2.79. The lowest BCUT2D eigenvalue weighted by atomic mass is 9.78. The molecule has 1 heterocycles. The van der Waals surface area contributed by atoms with Crippen molar-refractivity contribution in [1.82, 2.24) is 0 Å². The second-order valence-electron chi connectivity index (χ2n) is 5.73. The maximum Gasteiger partial charge on any atom is 0.336 e. The predicted molar refractivity (Wildman–Crippen MR) is 81.9 cm³/mol. The molecule has 0 bridgehead atoms. The molecule has 7 heteroatoms. The van der Waals surface area contributed by atoms with Gasteiger partial charge in [-0.25, -0.2) is 4.79 Å². The monoisotopic (exact) mass is 334 g/mol. The Balaban J connectivity index is 2.34. The first-order chi connectivity index (χ1) is 11.4. The van der Waals surface area contributed by atoms with E-state index in [1.165, 1.54) is 20.3 Å². The third-order valence-corrected chi connectivity index (χ3v) is 4.53. The van der Waals surface area contributed by atoms with Gasteiger partial charge in [-0.1, -0.05) is 6.92 Å². The minimum Gasteiger partial charge on any atom is -0.507 e. The maximum atomic E-state index is 12.5. The molecule has 1 aliphatic carbocycles. The molecule has 0 radical (unpaired) electrons. The molecule has 0 saturated carbocycles. The highest BCUT2D eigenvalue weighted by atomic mass is 16.6. The number of methoxy groups -OCH3 is 2. The van der Waals surface area contributed by atoms with Crippen molar-refractivity contribution in [2.24, 2.45) is 0 Å². The fourth-order valence-electron chi connectivity index (χ4n) is 3.39. The number of aromatic hydroxyl groups is 1. The molecule has 0 aromatic heterocycles. The number of aliphatic hydroxyl groups is 1. The molecule has 1 aliphatic heterocycles. The Labute approximate surface area is 138 Å². The van der Waals surface area contributed by atoms with Gasteiger partial charge in [-0.2, -0.15) is 0 Å². The molecular weight excluding hydrogens is 316 g/mol. The molecule has 1 saturated heterocycles. The number of allylic oxidation sites excluding steroid dienone is 1. The number of carbonyl (C=O) groups is 2. The molecule has 2 aliphatic rings. The summed E-state index contributed by atoms with van der Waals surface area (Å²) in [5, 5.41) is 20.5. The molecule has 1 fully saturated rings. The third kappa shape index (κ3) is 2.01. The summed E-state index contributed by atoms with van der Waals surface area (Å²) in [4.78, 5) is 24.3. The average molecular weight is 334 g/mol. The van der Waals surface area contributed by atoms with Crippen molar-refractivity contribution in [2.45, 2.75) is 31.5 Å². The third-order valence-electron chi connectivity index (χ3n) is 4.53. The standard InChI is InChI=1S/C17H18O7/c1-4-8-12(22-2)5-9-14(15(8)20)10(18)6-13(23-3)17(9)7-11(19)16(21)24-17/h5-6,11,19-20H,4,7H2,1-3H3. The Morgan fingerprint density at radius 3 is 2.54 bits per heavy atom. The number of esters is 1. The molecule has 1 aromatic carbocycles. The molecular formula is C17H18O7. The minimum atomic E-state index is -1.45. The summed E-state index contributed by atoms with van der Waals surface area (Å²) in [6.07, 6.45) is 0.175. The van der Waals surface area contributed by atoms with E-state index in [2.05, 4.69) is 0 Å². The van der Waals surface area contributed by atoms with Gasteiger partial charge < -0.3 is 24.4 Å². The second kappa shape index (κ2) is 5.52. The number of hydrogen-bond donors (Lipinski definition) is 2. The van der Waals surface area contributed by atoms with Crippen molar-refractivity contribution in [3.05, 3.63) is 34.6 Å². The molecule has 2 N–H and O–H groups in total. The first-order valence-electron chi connectivity index (χ1n) is 7.54. The summed E-state index contributed by atoms with van der Waals surface area (Å²) in [6.45, 7) is 1.82. The summed E-state index contributed by atoms with van der Waals surface area (Å²) < 4.78 is 16.0. The van der Waals surface area contributed by atoms with E-state index in [-0.39, 0.29) is 29.1 Å². The van der Waals surface area contributed by atoms with Crippen LogP contribution in [0.1, 0.15) is 34.8 Å². The zero-order valence-corrected chi connectivity index (χ0v) is 13.6. The molecule has 1 spiro atoms. The topological polar surface area (TPSA) is 102 Å². The van der Waals surface area contributed by atoms with E-state index < -0.39 is 23.5 Å². The number of benzene rings is 1.